The third-order valence-electron chi connectivity index (χ3n) is 2.88. The highest BCUT2D eigenvalue weighted by Gasteiger charge is 2.05. The number of hydrogen-bond acceptors (Lipinski definition) is 5. The van der Waals surface area contributed by atoms with Crippen LogP contribution in [0.3, 0.4) is 0 Å². The third kappa shape index (κ3) is 12.1. The van der Waals surface area contributed by atoms with Crippen LogP contribution in [0.25, 0.3) is 0 Å². The molecule has 0 radical (unpaired) electrons. The van der Waals surface area contributed by atoms with Crippen molar-refractivity contribution in [2.75, 3.05) is 13.1 Å². The Labute approximate surface area is 135 Å². The van der Waals surface area contributed by atoms with Crippen LogP contribution in [0, 0.1) is 0 Å². The predicted octanol–water partition coefficient (Wildman–Crippen LogP) is 1.75. The van der Waals surface area contributed by atoms with Gasteiger partial charge < -0.3 is 25.7 Å². The molecule has 7 heteroatoms. The third-order valence-corrected chi connectivity index (χ3v) is 2.88. The fraction of sp³-hybridized carbons (Fsp3) is 0.500. The van der Waals surface area contributed by atoms with Gasteiger partial charge in [0.05, 0.1) is 18.9 Å². The standard InChI is InChI=1S/C12H19NO2.C4H6O4/c1-2-3-8-13-9-12(15)10-4-6-11(14)7-5-10;5-3(6)1-2-4(7)8/h4-7,12-15H,2-3,8-9H2,1H3;1-2H2,(H,5,6)(H,7,8). The van der Waals surface area contributed by atoms with Crippen molar-refractivity contribution >= 4 is 11.9 Å². The van der Waals surface area contributed by atoms with Gasteiger partial charge in [-0.3, -0.25) is 9.59 Å². The van der Waals surface area contributed by atoms with Gasteiger partial charge in [0.25, 0.3) is 0 Å². The molecule has 0 saturated heterocycles. The number of benzene rings is 1. The van der Waals surface area contributed by atoms with Crippen LogP contribution in [0.4, 0.5) is 0 Å². The second-order valence-electron chi connectivity index (χ2n) is 4.95. The lowest BCUT2D eigenvalue weighted by Crippen LogP contribution is -2.22. The molecule has 0 spiro atoms. The highest BCUT2D eigenvalue weighted by molar-refractivity contribution is 5.75. The van der Waals surface area contributed by atoms with E-state index >= 15 is 0 Å². The summed E-state index contributed by atoms with van der Waals surface area (Å²) in [5.74, 6) is -1.93. The van der Waals surface area contributed by atoms with E-state index < -0.39 is 18.0 Å². The molecule has 23 heavy (non-hydrogen) atoms. The lowest BCUT2D eigenvalue weighted by atomic mass is 10.1. The molecule has 0 bridgehead atoms. The maximum atomic E-state index is 9.77. The topological polar surface area (TPSA) is 127 Å². The van der Waals surface area contributed by atoms with E-state index in [4.69, 9.17) is 15.3 Å². The number of phenols is 1. The van der Waals surface area contributed by atoms with Gasteiger partial charge in [-0.15, -0.1) is 0 Å². The summed E-state index contributed by atoms with van der Waals surface area (Å²) in [7, 11) is 0. The number of unbranched alkanes of at least 4 members (excludes halogenated alkanes) is 1. The Morgan fingerprint density at radius 1 is 1.09 bits per heavy atom. The fourth-order valence-electron chi connectivity index (χ4n) is 1.57. The van der Waals surface area contributed by atoms with Crippen LogP contribution < -0.4 is 5.32 Å². The molecule has 1 rings (SSSR count). The fourth-order valence-corrected chi connectivity index (χ4v) is 1.57. The molecule has 0 heterocycles. The molecule has 1 aromatic carbocycles. The van der Waals surface area contributed by atoms with Crippen molar-refractivity contribution in [1.82, 2.24) is 5.32 Å². The molecular weight excluding hydrogens is 302 g/mol. The van der Waals surface area contributed by atoms with Gasteiger partial charge in [0.2, 0.25) is 0 Å². The number of aliphatic hydroxyl groups is 1. The molecule has 1 unspecified atom stereocenters. The Morgan fingerprint density at radius 2 is 1.61 bits per heavy atom. The van der Waals surface area contributed by atoms with E-state index in [1.165, 1.54) is 0 Å². The summed E-state index contributed by atoms with van der Waals surface area (Å²) in [6, 6.07) is 6.65. The van der Waals surface area contributed by atoms with Crippen molar-refractivity contribution in [2.24, 2.45) is 0 Å². The summed E-state index contributed by atoms with van der Waals surface area (Å²) in [4.78, 5) is 19.3. The molecule has 0 aliphatic rings. The Kier molecular flexibility index (Phi) is 11.3. The number of aliphatic carboxylic acids is 2. The van der Waals surface area contributed by atoms with Gasteiger partial charge >= 0.3 is 11.9 Å². The largest absolute Gasteiger partial charge is 0.508 e. The number of aliphatic hydroxyl groups excluding tert-OH is 1. The summed E-state index contributed by atoms with van der Waals surface area (Å²) in [6.45, 7) is 3.63. The maximum Gasteiger partial charge on any atom is 0.303 e. The maximum absolute atomic E-state index is 9.77. The van der Waals surface area contributed by atoms with E-state index in [-0.39, 0.29) is 18.6 Å². The van der Waals surface area contributed by atoms with Gasteiger partial charge in [-0.1, -0.05) is 25.5 Å². The number of aromatic hydroxyl groups is 1. The van der Waals surface area contributed by atoms with Gasteiger partial charge in [-0.2, -0.15) is 0 Å². The van der Waals surface area contributed by atoms with Gasteiger partial charge in [-0.25, -0.2) is 0 Å². The summed E-state index contributed by atoms with van der Waals surface area (Å²) in [5.41, 5.74) is 0.830. The van der Waals surface area contributed by atoms with Gasteiger partial charge in [0.1, 0.15) is 5.75 Å². The Morgan fingerprint density at radius 3 is 2.04 bits per heavy atom. The van der Waals surface area contributed by atoms with E-state index in [2.05, 4.69) is 12.2 Å². The van der Waals surface area contributed by atoms with Crippen LogP contribution in [-0.4, -0.2) is 45.5 Å². The number of hydrogen-bond donors (Lipinski definition) is 5. The normalized spacial score (nSPS) is 11.2. The molecule has 1 aromatic rings. The second kappa shape index (κ2) is 12.4. The molecule has 0 aliphatic heterocycles. The van der Waals surface area contributed by atoms with E-state index in [0.717, 1.165) is 24.9 Å². The first kappa shape index (κ1) is 20.9. The van der Waals surface area contributed by atoms with Crippen molar-refractivity contribution in [2.45, 2.75) is 38.7 Å². The SMILES string of the molecule is CCCCNCC(O)c1ccc(O)cc1.O=C(O)CCC(=O)O. The first-order valence-corrected chi connectivity index (χ1v) is 7.48. The average Bonchev–Trinajstić information content (AvgIpc) is 2.50. The highest BCUT2D eigenvalue weighted by Crippen LogP contribution is 2.15. The predicted molar refractivity (Wildman–Crippen MR) is 85.3 cm³/mol. The van der Waals surface area contributed by atoms with E-state index in [0.29, 0.717) is 6.54 Å². The minimum atomic E-state index is -1.08. The van der Waals surface area contributed by atoms with Crippen LogP contribution in [0.1, 0.15) is 44.3 Å². The van der Waals surface area contributed by atoms with E-state index in [1.54, 1.807) is 24.3 Å². The molecule has 5 N–H and O–H groups in total. The zero-order chi connectivity index (χ0) is 17.7. The molecule has 0 amide bonds. The highest BCUT2D eigenvalue weighted by atomic mass is 16.4. The average molecular weight is 327 g/mol. The molecule has 0 aliphatic carbocycles. The van der Waals surface area contributed by atoms with Crippen molar-refractivity contribution in [3.05, 3.63) is 29.8 Å². The second-order valence-corrected chi connectivity index (χ2v) is 4.95. The van der Waals surface area contributed by atoms with E-state index in [1.807, 2.05) is 0 Å². The number of carbonyl (C=O) groups is 2. The summed E-state index contributed by atoms with van der Waals surface area (Å²) in [5, 5.41) is 37.8. The Balaban J connectivity index is 0.000000515. The van der Waals surface area contributed by atoms with E-state index in [9.17, 15) is 14.7 Å². The van der Waals surface area contributed by atoms with Crippen molar-refractivity contribution in [1.29, 1.82) is 0 Å². The van der Waals surface area contributed by atoms with Crippen molar-refractivity contribution in [3.63, 3.8) is 0 Å². The van der Waals surface area contributed by atoms with Crippen LogP contribution in [0.5, 0.6) is 5.75 Å². The zero-order valence-corrected chi connectivity index (χ0v) is 13.2. The number of phenolic OH excluding ortho intramolecular Hbond substituents is 1. The van der Waals surface area contributed by atoms with Crippen molar-refractivity contribution in [3.8, 4) is 5.75 Å². The molecular formula is C16H25NO6. The number of carboxylic acid groups (broad SMARTS) is 2. The van der Waals surface area contributed by atoms with Crippen molar-refractivity contribution < 1.29 is 30.0 Å². The number of nitrogens with one attached hydrogen (secondary N) is 1. The minimum absolute atomic E-state index is 0.227. The Hall–Kier alpha value is -2.12. The Bertz CT molecular complexity index is 446. The number of carboxylic acids is 2. The zero-order valence-electron chi connectivity index (χ0n) is 13.2. The van der Waals surface area contributed by atoms with Crippen LogP contribution >= 0.6 is 0 Å². The lowest BCUT2D eigenvalue weighted by molar-refractivity contribution is -0.143. The first-order chi connectivity index (χ1) is 10.9. The van der Waals surface area contributed by atoms with Crippen LogP contribution in [-0.2, 0) is 9.59 Å². The lowest BCUT2D eigenvalue weighted by Gasteiger charge is -2.11. The van der Waals surface area contributed by atoms with Gasteiger partial charge in [-0.05, 0) is 30.7 Å². The molecule has 0 saturated carbocycles. The number of rotatable bonds is 9. The monoisotopic (exact) mass is 327 g/mol. The van der Waals surface area contributed by atoms with Gasteiger partial charge in [0.15, 0.2) is 0 Å². The smallest absolute Gasteiger partial charge is 0.303 e. The summed E-state index contributed by atoms with van der Waals surface area (Å²) >= 11 is 0. The van der Waals surface area contributed by atoms with Crippen LogP contribution in [0.15, 0.2) is 24.3 Å². The first-order valence-electron chi connectivity index (χ1n) is 7.48. The summed E-state index contributed by atoms with van der Waals surface area (Å²) in [6.07, 6.45) is 1.19. The molecule has 130 valence electrons. The summed E-state index contributed by atoms with van der Waals surface area (Å²) < 4.78 is 0. The van der Waals surface area contributed by atoms with Gasteiger partial charge in [0, 0.05) is 6.54 Å². The van der Waals surface area contributed by atoms with Crippen LogP contribution in [0.2, 0.25) is 0 Å². The molecule has 0 fully saturated rings. The minimum Gasteiger partial charge on any atom is -0.508 e. The molecule has 1 atom stereocenters. The molecule has 0 aromatic heterocycles. The quantitative estimate of drug-likeness (QED) is 0.437. The molecule has 7 nitrogen and oxygen atoms in total.